The quantitative estimate of drug-likeness (QED) is 0.621. The number of halogens is 1. The molecule has 30 heavy (non-hydrogen) atoms. The van der Waals surface area contributed by atoms with Crippen molar-refractivity contribution in [3.05, 3.63) is 89.7 Å². The molecule has 0 saturated carbocycles. The van der Waals surface area contributed by atoms with Gasteiger partial charge in [-0.05, 0) is 60.5 Å². The third-order valence-corrected chi connectivity index (χ3v) is 7.42. The summed E-state index contributed by atoms with van der Waals surface area (Å²) >= 11 is 1.53. The number of benzene rings is 3. The topological polar surface area (TPSA) is 66.5 Å². The normalized spacial score (nSPS) is 16.7. The van der Waals surface area contributed by atoms with E-state index in [4.69, 9.17) is 0 Å². The highest BCUT2D eigenvalue weighted by atomic mass is 32.2. The Morgan fingerprint density at radius 1 is 1.00 bits per heavy atom. The van der Waals surface area contributed by atoms with E-state index in [-0.39, 0.29) is 16.2 Å². The molecule has 3 aromatic rings. The van der Waals surface area contributed by atoms with Crippen LogP contribution in [0.3, 0.4) is 0 Å². The van der Waals surface area contributed by atoms with E-state index in [0.29, 0.717) is 11.4 Å². The Balaban J connectivity index is 1.56. The molecule has 1 heterocycles. The van der Waals surface area contributed by atoms with Crippen LogP contribution in [-0.2, 0) is 14.8 Å². The average molecular weight is 443 g/mol. The Morgan fingerprint density at radius 3 is 2.33 bits per heavy atom. The first kappa shape index (κ1) is 20.4. The molecule has 1 N–H and O–H groups in total. The third kappa shape index (κ3) is 4.06. The molecule has 0 radical (unpaired) electrons. The summed E-state index contributed by atoms with van der Waals surface area (Å²) in [6, 6.07) is 19.3. The molecule has 1 unspecified atom stereocenters. The van der Waals surface area contributed by atoms with Gasteiger partial charge in [-0.2, -0.15) is 0 Å². The van der Waals surface area contributed by atoms with Crippen LogP contribution in [0.25, 0.3) is 0 Å². The van der Waals surface area contributed by atoms with E-state index in [2.05, 4.69) is 4.72 Å². The number of hydrogen-bond donors (Lipinski definition) is 1. The van der Waals surface area contributed by atoms with Gasteiger partial charge in [-0.1, -0.05) is 30.3 Å². The summed E-state index contributed by atoms with van der Waals surface area (Å²) in [4.78, 5) is 14.3. The standard InChI is InChI=1S/C22H19FN2O3S2/c1-15-4-2-3-5-20(15)25-21(26)14-29-22(25)16-6-10-18(11-7-16)24-30(27,28)19-12-8-17(23)9-13-19/h2-13,22,24H,14H2,1H3. The minimum atomic E-state index is -3.82. The number of rotatable bonds is 5. The lowest BCUT2D eigenvalue weighted by atomic mass is 10.1. The minimum absolute atomic E-state index is 0.0179. The Morgan fingerprint density at radius 2 is 1.67 bits per heavy atom. The predicted molar refractivity (Wildman–Crippen MR) is 118 cm³/mol. The van der Waals surface area contributed by atoms with Crippen LogP contribution in [0.4, 0.5) is 15.8 Å². The van der Waals surface area contributed by atoms with E-state index >= 15 is 0 Å². The molecule has 5 nitrogen and oxygen atoms in total. The van der Waals surface area contributed by atoms with Gasteiger partial charge < -0.3 is 0 Å². The highest BCUT2D eigenvalue weighted by Crippen LogP contribution is 2.42. The summed E-state index contributed by atoms with van der Waals surface area (Å²) in [7, 11) is -3.82. The summed E-state index contributed by atoms with van der Waals surface area (Å²) in [5, 5.41) is -0.179. The molecule has 4 rings (SSSR count). The van der Waals surface area contributed by atoms with Crippen LogP contribution in [0.15, 0.2) is 77.7 Å². The van der Waals surface area contributed by atoms with Gasteiger partial charge in [0.2, 0.25) is 5.91 Å². The van der Waals surface area contributed by atoms with E-state index in [9.17, 15) is 17.6 Å². The summed E-state index contributed by atoms with van der Waals surface area (Å²) in [5.41, 5.74) is 3.18. The maximum atomic E-state index is 13.1. The first-order valence-corrected chi connectivity index (χ1v) is 11.8. The molecule has 0 aliphatic carbocycles. The number of sulfonamides is 1. The molecule has 8 heteroatoms. The fourth-order valence-electron chi connectivity index (χ4n) is 3.31. The summed E-state index contributed by atoms with van der Waals surface area (Å²) < 4.78 is 40.5. The summed E-state index contributed by atoms with van der Waals surface area (Å²) in [6.07, 6.45) is 0. The lowest BCUT2D eigenvalue weighted by Gasteiger charge is -2.26. The number of carbonyl (C=O) groups is 1. The molecule has 1 fully saturated rings. The van der Waals surface area contributed by atoms with Gasteiger partial charge in [0.25, 0.3) is 10.0 Å². The highest BCUT2D eigenvalue weighted by molar-refractivity contribution is 8.00. The lowest BCUT2D eigenvalue weighted by Crippen LogP contribution is -2.28. The van der Waals surface area contributed by atoms with Crippen LogP contribution < -0.4 is 9.62 Å². The van der Waals surface area contributed by atoms with Gasteiger partial charge in [-0.3, -0.25) is 14.4 Å². The Kier molecular flexibility index (Phi) is 5.53. The SMILES string of the molecule is Cc1ccccc1N1C(=O)CSC1c1ccc(NS(=O)(=O)c2ccc(F)cc2)cc1. The average Bonchev–Trinajstić information content (AvgIpc) is 3.10. The number of hydrogen-bond acceptors (Lipinski definition) is 4. The maximum Gasteiger partial charge on any atom is 0.261 e. The van der Waals surface area contributed by atoms with Crippen LogP contribution in [0.1, 0.15) is 16.5 Å². The smallest absolute Gasteiger partial charge is 0.261 e. The van der Waals surface area contributed by atoms with Gasteiger partial charge in [0, 0.05) is 11.4 Å². The van der Waals surface area contributed by atoms with Gasteiger partial charge in [0.15, 0.2) is 0 Å². The van der Waals surface area contributed by atoms with Crippen LogP contribution in [0.2, 0.25) is 0 Å². The van der Waals surface area contributed by atoms with Crippen LogP contribution in [-0.4, -0.2) is 20.1 Å². The monoisotopic (exact) mass is 442 g/mol. The molecule has 0 bridgehead atoms. The fourth-order valence-corrected chi connectivity index (χ4v) is 5.54. The zero-order valence-electron chi connectivity index (χ0n) is 16.1. The second kappa shape index (κ2) is 8.12. The number of aryl methyl sites for hydroxylation is 1. The number of thioether (sulfide) groups is 1. The van der Waals surface area contributed by atoms with Crippen molar-refractivity contribution in [1.82, 2.24) is 0 Å². The number of nitrogens with zero attached hydrogens (tertiary/aromatic N) is 1. The van der Waals surface area contributed by atoms with Gasteiger partial charge in [0.05, 0.1) is 10.6 Å². The molecule has 1 aliphatic rings. The molecular formula is C22H19FN2O3S2. The second-order valence-corrected chi connectivity index (χ2v) is 9.65. The minimum Gasteiger partial charge on any atom is -0.295 e. The van der Waals surface area contributed by atoms with Gasteiger partial charge in [0.1, 0.15) is 11.2 Å². The number of nitrogens with one attached hydrogen (secondary N) is 1. The van der Waals surface area contributed by atoms with Crippen molar-refractivity contribution < 1.29 is 17.6 Å². The van der Waals surface area contributed by atoms with E-state index in [1.807, 2.05) is 43.3 Å². The molecule has 3 aromatic carbocycles. The predicted octanol–water partition coefficient (Wildman–Crippen LogP) is 4.71. The van der Waals surface area contributed by atoms with E-state index in [1.54, 1.807) is 17.0 Å². The number of anilines is 2. The second-order valence-electron chi connectivity index (χ2n) is 6.90. The van der Waals surface area contributed by atoms with E-state index < -0.39 is 15.8 Å². The van der Waals surface area contributed by atoms with Crippen molar-refractivity contribution >= 4 is 39.1 Å². The molecule has 154 valence electrons. The first-order chi connectivity index (χ1) is 14.3. The lowest BCUT2D eigenvalue weighted by molar-refractivity contribution is -0.115. The number of para-hydroxylation sites is 1. The molecular weight excluding hydrogens is 423 g/mol. The largest absolute Gasteiger partial charge is 0.295 e. The van der Waals surface area contributed by atoms with Crippen LogP contribution in [0, 0.1) is 12.7 Å². The Hall–Kier alpha value is -2.84. The third-order valence-electron chi connectivity index (χ3n) is 4.81. The zero-order chi connectivity index (χ0) is 21.3. The Bertz CT molecular complexity index is 1180. The van der Waals surface area contributed by atoms with Crippen molar-refractivity contribution in [2.75, 3.05) is 15.4 Å². The van der Waals surface area contributed by atoms with Crippen molar-refractivity contribution in [2.24, 2.45) is 0 Å². The molecule has 1 aliphatic heterocycles. The van der Waals surface area contributed by atoms with Crippen LogP contribution in [0.5, 0.6) is 0 Å². The fraction of sp³-hybridized carbons (Fsp3) is 0.136. The van der Waals surface area contributed by atoms with Crippen LogP contribution >= 0.6 is 11.8 Å². The first-order valence-electron chi connectivity index (χ1n) is 9.23. The van der Waals surface area contributed by atoms with Crippen molar-refractivity contribution in [3.63, 3.8) is 0 Å². The van der Waals surface area contributed by atoms with Crippen molar-refractivity contribution in [2.45, 2.75) is 17.2 Å². The van der Waals surface area contributed by atoms with Crippen molar-refractivity contribution in [3.8, 4) is 0 Å². The van der Waals surface area contributed by atoms with Gasteiger partial charge in [-0.15, -0.1) is 11.8 Å². The van der Waals surface area contributed by atoms with E-state index in [1.165, 1.54) is 23.9 Å². The maximum absolute atomic E-state index is 13.1. The number of carbonyl (C=O) groups excluding carboxylic acids is 1. The molecule has 1 saturated heterocycles. The summed E-state index contributed by atoms with van der Waals surface area (Å²) in [6.45, 7) is 1.97. The number of amides is 1. The Labute approximate surface area is 179 Å². The molecule has 1 atom stereocenters. The summed E-state index contributed by atoms with van der Waals surface area (Å²) in [5.74, 6) is -0.0710. The molecule has 1 amide bonds. The molecule has 0 aromatic heterocycles. The van der Waals surface area contributed by atoms with Gasteiger partial charge in [-0.25, -0.2) is 12.8 Å². The molecule has 0 spiro atoms. The van der Waals surface area contributed by atoms with E-state index in [0.717, 1.165) is 28.9 Å². The van der Waals surface area contributed by atoms with Crippen molar-refractivity contribution in [1.29, 1.82) is 0 Å². The zero-order valence-corrected chi connectivity index (χ0v) is 17.7. The highest BCUT2D eigenvalue weighted by Gasteiger charge is 2.34. The van der Waals surface area contributed by atoms with Gasteiger partial charge >= 0.3 is 0 Å².